The summed E-state index contributed by atoms with van der Waals surface area (Å²) in [5.74, 6) is -0.0880. The third-order valence-corrected chi connectivity index (χ3v) is 6.08. The molecule has 170 valence electrons. The molecule has 1 heterocycles. The van der Waals surface area contributed by atoms with E-state index in [0.29, 0.717) is 17.9 Å². The number of aromatic hydroxyl groups is 1. The average molecular weight is 433 g/mol. The number of rotatable bonds is 4. The van der Waals surface area contributed by atoms with E-state index in [1.54, 1.807) is 0 Å². The summed E-state index contributed by atoms with van der Waals surface area (Å²) in [6.45, 7) is 17.3. The molecule has 0 unspecified atom stereocenters. The molecule has 4 nitrogen and oxygen atoms in total. The minimum atomic E-state index is -0.433. The molecule has 0 aliphatic carbocycles. The van der Waals surface area contributed by atoms with E-state index in [1.807, 2.05) is 19.1 Å². The maximum Gasteiger partial charge on any atom is 0.250 e. The van der Waals surface area contributed by atoms with Gasteiger partial charge in [0.25, 0.3) is 5.91 Å². The summed E-state index contributed by atoms with van der Waals surface area (Å²) in [6, 6.07) is 14.4. The number of hydrogen-bond donors (Lipinski definition) is 2. The lowest BCUT2D eigenvalue weighted by Crippen LogP contribution is -2.17. The number of nitrogens with two attached hydrogens (primary N) is 1. The Morgan fingerprint density at radius 3 is 1.97 bits per heavy atom. The third-order valence-electron chi connectivity index (χ3n) is 6.08. The Morgan fingerprint density at radius 2 is 1.50 bits per heavy atom. The number of primary amides is 1. The molecule has 0 fully saturated rings. The van der Waals surface area contributed by atoms with Crippen LogP contribution in [0.4, 0.5) is 0 Å². The zero-order valence-electron chi connectivity index (χ0n) is 20.6. The minimum absolute atomic E-state index is 0.240. The lowest BCUT2D eigenvalue weighted by atomic mass is 9.78. The Hall–Kier alpha value is -3.01. The molecular weight excluding hydrogens is 396 g/mol. The Morgan fingerprint density at radius 1 is 0.938 bits per heavy atom. The van der Waals surface area contributed by atoms with Crippen molar-refractivity contribution in [3.8, 4) is 17.0 Å². The highest BCUT2D eigenvalue weighted by Crippen LogP contribution is 2.42. The Bertz CT molecular complexity index is 1140. The van der Waals surface area contributed by atoms with Crippen LogP contribution in [-0.4, -0.2) is 15.6 Å². The quantitative estimate of drug-likeness (QED) is 0.514. The Kier molecular flexibility index (Phi) is 6.03. The zero-order chi connectivity index (χ0) is 24.0. The van der Waals surface area contributed by atoms with E-state index in [9.17, 15) is 9.90 Å². The van der Waals surface area contributed by atoms with Crippen molar-refractivity contribution in [1.29, 1.82) is 0 Å². The van der Waals surface area contributed by atoms with Gasteiger partial charge in [0, 0.05) is 29.1 Å². The van der Waals surface area contributed by atoms with E-state index >= 15 is 0 Å². The number of carbonyl (C=O) groups excluding carboxylic acids is 1. The molecule has 0 radical (unpaired) electrons. The standard InChI is InChI=1S/C28H36N2O2/c1-17-10-9-11-19(12-17)16-30-18(2)21(26(29)32)15-24(30)20-13-22(27(3,4)5)25(31)23(14-20)28(6,7)8/h9-15,31H,16H2,1-8H3,(H2,29,32). The second-order valence-electron chi connectivity index (χ2n) is 10.9. The summed E-state index contributed by atoms with van der Waals surface area (Å²) >= 11 is 0. The van der Waals surface area contributed by atoms with Crippen LogP contribution in [0.2, 0.25) is 0 Å². The van der Waals surface area contributed by atoms with Gasteiger partial charge in [-0.2, -0.15) is 0 Å². The number of hydrogen-bond acceptors (Lipinski definition) is 2. The molecule has 0 atom stereocenters. The maximum absolute atomic E-state index is 12.2. The van der Waals surface area contributed by atoms with Gasteiger partial charge in [-0.3, -0.25) is 4.79 Å². The van der Waals surface area contributed by atoms with E-state index in [-0.39, 0.29) is 10.8 Å². The van der Waals surface area contributed by atoms with Crippen LogP contribution in [0.15, 0.2) is 42.5 Å². The topological polar surface area (TPSA) is 68.2 Å². The summed E-state index contributed by atoms with van der Waals surface area (Å²) in [5, 5.41) is 11.1. The zero-order valence-corrected chi connectivity index (χ0v) is 20.6. The third kappa shape index (κ3) is 4.59. The highest BCUT2D eigenvalue weighted by molar-refractivity contribution is 5.95. The molecule has 0 bridgehead atoms. The molecular formula is C28H36N2O2. The molecule has 0 aliphatic rings. The molecule has 0 saturated heterocycles. The number of nitrogens with zero attached hydrogens (tertiary/aromatic N) is 1. The lowest BCUT2D eigenvalue weighted by molar-refractivity contribution is 0.0999. The lowest BCUT2D eigenvalue weighted by Gasteiger charge is -2.28. The molecule has 1 aromatic heterocycles. The van der Waals surface area contributed by atoms with Crippen molar-refractivity contribution in [3.05, 3.63) is 76.0 Å². The van der Waals surface area contributed by atoms with Crippen molar-refractivity contribution >= 4 is 5.91 Å². The normalized spacial score (nSPS) is 12.2. The monoisotopic (exact) mass is 432 g/mol. The number of aryl methyl sites for hydroxylation is 1. The Labute approximate surface area is 192 Å². The second-order valence-corrected chi connectivity index (χ2v) is 10.9. The van der Waals surface area contributed by atoms with E-state index in [2.05, 4.69) is 83.4 Å². The molecule has 4 heteroatoms. The predicted molar refractivity (Wildman–Crippen MR) is 132 cm³/mol. The van der Waals surface area contributed by atoms with Crippen molar-refractivity contribution in [2.45, 2.75) is 72.8 Å². The van der Waals surface area contributed by atoms with Gasteiger partial charge >= 0.3 is 0 Å². The van der Waals surface area contributed by atoms with Gasteiger partial charge in [-0.1, -0.05) is 71.4 Å². The predicted octanol–water partition coefficient (Wildman–Crippen LogP) is 6.22. The van der Waals surface area contributed by atoms with Gasteiger partial charge in [-0.15, -0.1) is 0 Å². The van der Waals surface area contributed by atoms with Crippen molar-refractivity contribution in [3.63, 3.8) is 0 Å². The summed E-state index contributed by atoms with van der Waals surface area (Å²) in [6.07, 6.45) is 0. The number of aromatic nitrogens is 1. The fourth-order valence-corrected chi connectivity index (χ4v) is 4.26. The fraction of sp³-hybridized carbons (Fsp3) is 0.393. The highest BCUT2D eigenvalue weighted by atomic mass is 16.3. The van der Waals surface area contributed by atoms with Crippen molar-refractivity contribution in [2.24, 2.45) is 5.73 Å². The molecule has 3 rings (SSSR count). The number of phenolic OH excluding ortho intramolecular Hbond substituents is 1. The summed E-state index contributed by atoms with van der Waals surface area (Å²) in [7, 11) is 0. The molecule has 3 aromatic rings. The van der Waals surface area contributed by atoms with Crippen molar-refractivity contribution in [2.75, 3.05) is 0 Å². The van der Waals surface area contributed by atoms with Crippen LogP contribution < -0.4 is 5.73 Å². The fourth-order valence-electron chi connectivity index (χ4n) is 4.26. The van der Waals surface area contributed by atoms with Gasteiger partial charge in [0.1, 0.15) is 5.75 Å². The van der Waals surface area contributed by atoms with Crippen LogP contribution in [0.1, 0.15) is 79.8 Å². The van der Waals surface area contributed by atoms with Crippen LogP contribution in [0.5, 0.6) is 5.75 Å². The smallest absolute Gasteiger partial charge is 0.250 e. The Balaban J connectivity index is 2.31. The molecule has 0 saturated carbocycles. The van der Waals surface area contributed by atoms with Gasteiger partial charge in [-0.05, 0) is 54.0 Å². The van der Waals surface area contributed by atoms with Crippen LogP contribution in [0.25, 0.3) is 11.3 Å². The molecule has 0 spiro atoms. The van der Waals surface area contributed by atoms with Gasteiger partial charge in [0.05, 0.1) is 5.56 Å². The number of phenols is 1. The molecule has 2 aromatic carbocycles. The minimum Gasteiger partial charge on any atom is -0.507 e. The van der Waals surface area contributed by atoms with E-state index in [1.165, 1.54) is 5.56 Å². The van der Waals surface area contributed by atoms with Gasteiger partial charge in [0.2, 0.25) is 0 Å². The van der Waals surface area contributed by atoms with Crippen molar-refractivity contribution < 1.29 is 9.90 Å². The highest BCUT2D eigenvalue weighted by Gasteiger charge is 2.28. The average Bonchev–Trinajstić information content (AvgIpc) is 2.97. The van der Waals surface area contributed by atoms with Crippen molar-refractivity contribution in [1.82, 2.24) is 4.57 Å². The van der Waals surface area contributed by atoms with E-state index < -0.39 is 5.91 Å². The second kappa shape index (κ2) is 8.16. The first-order chi connectivity index (χ1) is 14.7. The van der Waals surface area contributed by atoms with Crippen LogP contribution in [0.3, 0.4) is 0 Å². The SMILES string of the molecule is Cc1cccc(Cn2c(-c3cc(C(C)(C)C)c(O)c(C(C)(C)C)c3)cc(C(N)=O)c2C)c1. The number of benzene rings is 2. The first-order valence-electron chi connectivity index (χ1n) is 11.1. The first-order valence-corrected chi connectivity index (χ1v) is 11.1. The van der Waals surface area contributed by atoms with Gasteiger partial charge < -0.3 is 15.4 Å². The van der Waals surface area contributed by atoms with E-state index in [0.717, 1.165) is 33.6 Å². The molecule has 0 aliphatic heterocycles. The van der Waals surface area contributed by atoms with E-state index in [4.69, 9.17) is 5.73 Å². The molecule has 3 N–H and O–H groups in total. The van der Waals surface area contributed by atoms with Crippen LogP contribution in [-0.2, 0) is 17.4 Å². The largest absolute Gasteiger partial charge is 0.507 e. The van der Waals surface area contributed by atoms with Gasteiger partial charge in [-0.25, -0.2) is 0 Å². The molecule has 32 heavy (non-hydrogen) atoms. The van der Waals surface area contributed by atoms with Crippen LogP contribution in [0, 0.1) is 13.8 Å². The van der Waals surface area contributed by atoms with Gasteiger partial charge in [0.15, 0.2) is 0 Å². The summed E-state index contributed by atoms with van der Waals surface area (Å²) < 4.78 is 2.15. The van der Waals surface area contributed by atoms with Crippen LogP contribution >= 0.6 is 0 Å². The molecule has 1 amide bonds. The summed E-state index contributed by atoms with van der Waals surface area (Å²) in [4.78, 5) is 12.2. The maximum atomic E-state index is 12.2. The summed E-state index contributed by atoms with van der Waals surface area (Å²) in [5.41, 5.74) is 12.6. The first kappa shape index (κ1) is 23.6. The number of amides is 1. The number of carbonyl (C=O) groups is 1.